The molecule has 0 bridgehead atoms. The van der Waals surface area contributed by atoms with E-state index in [2.05, 4.69) is 11.9 Å². The molecule has 0 saturated heterocycles. The minimum atomic E-state index is -4.18. The van der Waals surface area contributed by atoms with Crippen molar-refractivity contribution in [2.75, 3.05) is 30.4 Å². The number of hydrogen-bond donors (Lipinski definition) is 1. The average molecular weight is 463 g/mol. The predicted molar refractivity (Wildman–Crippen MR) is 123 cm³/mol. The molecule has 1 amide bonds. The van der Waals surface area contributed by atoms with Crippen molar-refractivity contribution in [3.05, 3.63) is 64.0 Å². The van der Waals surface area contributed by atoms with Gasteiger partial charge in [-0.05, 0) is 43.2 Å². The van der Waals surface area contributed by atoms with E-state index in [4.69, 9.17) is 21.1 Å². The molecule has 0 radical (unpaired) electrons. The molecule has 0 spiro atoms. The standard InChI is InChI=1S/C22H23ClN2O5S/c1-6-10-25-18-12-20(30-5)19(29-4)11-15(18)13(2)21(31(25,27)28)22(26)24-17-9-7-8-16(23)14(17)3/h6-9,11-12H,1,10H2,2-5H3,(H,24,26). The van der Waals surface area contributed by atoms with Gasteiger partial charge in [-0.15, -0.1) is 6.58 Å². The summed E-state index contributed by atoms with van der Waals surface area (Å²) >= 11 is 6.13. The SMILES string of the molecule is C=CCN1c2cc(OC)c(OC)cc2C(C)=C(C(=O)Nc2cccc(Cl)c2C)S1(=O)=O. The quantitative estimate of drug-likeness (QED) is 0.644. The number of nitrogens with zero attached hydrogens (tertiary/aromatic N) is 1. The summed E-state index contributed by atoms with van der Waals surface area (Å²) in [5.41, 5.74) is 2.29. The van der Waals surface area contributed by atoms with Gasteiger partial charge in [0.25, 0.3) is 15.9 Å². The number of carbonyl (C=O) groups excluding carboxylic acids is 1. The summed E-state index contributed by atoms with van der Waals surface area (Å²) in [4.78, 5) is 12.8. The molecule has 0 aromatic heterocycles. The zero-order chi connectivity index (χ0) is 22.9. The van der Waals surface area contributed by atoms with Crippen LogP contribution in [-0.4, -0.2) is 35.1 Å². The largest absolute Gasteiger partial charge is 0.493 e. The van der Waals surface area contributed by atoms with Gasteiger partial charge in [0, 0.05) is 22.3 Å². The molecule has 1 aliphatic heterocycles. The van der Waals surface area contributed by atoms with E-state index in [0.717, 1.165) is 4.31 Å². The lowest BCUT2D eigenvalue weighted by atomic mass is 10.0. The van der Waals surface area contributed by atoms with Gasteiger partial charge >= 0.3 is 0 Å². The number of methoxy groups -OCH3 is 2. The first-order valence-corrected chi connectivity index (χ1v) is 11.2. The van der Waals surface area contributed by atoms with Crippen molar-refractivity contribution in [2.24, 2.45) is 0 Å². The van der Waals surface area contributed by atoms with Gasteiger partial charge in [-0.2, -0.15) is 0 Å². The highest BCUT2D eigenvalue weighted by atomic mass is 35.5. The summed E-state index contributed by atoms with van der Waals surface area (Å²) in [6.07, 6.45) is 1.45. The van der Waals surface area contributed by atoms with Crippen LogP contribution in [0.2, 0.25) is 5.02 Å². The zero-order valence-corrected chi connectivity index (χ0v) is 19.2. The Hall–Kier alpha value is -2.97. The molecule has 0 aliphatic carbocycles. The van der Waals surface area contributed by atoms with E-state index in [-0.39, 0.29) is 11.4 Å². The van der Waals surface area contributed by atoms with Crippen molar-refractivity contribution >= 4 is 44.5 Å². The van der Waals surface area contributed by atoms with Crippen molar-refractivity contribution in [1.29, 1.82) is 0 Å². The maximum absolute atomic E-state index is 13.5. The molecule has 164 valence electrons. The second-order valence-electron chi connectivity index (χ2n) is 6.87. The Kier molecular flexibility index (Phi) is 6.33. The second kappa shape index (κ2) is 8.64. The molecule has 0 atom stereocenters. The summed E-state index contributed by atoms with van der Waals surface area (Å²) < 4.78 is 38.8. The van der Waals surface area contributed by atoms with Crippen LogP contribution in [0.3, 0.4) is 0 Å². The summed E-state index contributed by atoms with van der Waals surface area (Å²) in [6, 6.07) is 8.27. The molecule has 7 nitrogen and oxygen atoms in total. The Bertz CT molecular complexity index is 1200. The Balaban J connectivity index is 2.22. The molecule has 2 aromatic rings. The van der Waals surface area contributed by atoms with Gasteiger partial charge < -0.3 is 14.8 Å². The first-order chi connectivity index (χ1) is 14.7. The predicted octanol–water partition coefficient (Wildman–Crippen LogP) is 4.37. The fraction of sp³-hybridized carbons (Fsp3) is 0.227. The Morgan fingerprint density at radius 3 is 2.45 bits per heavy atom. The number of ether oxygens (including phenoxy) is 2. The van der Waals surface area contributed by atoms with Gasteiger partial charge in [0.2, 0.25) is 0 Å². The number of sulfonamides is 1. The molecule has 1 heterocycles. The first kappa shape index (κ1) is 22.7. The molecular weight excluding hydrogens is 440 g/mol. The van der Waals surface area contributed by atoms with E-state index in [9.17, 15) is 13.2 Å². The fourth-order valence-electron chi connectivity index (χ4n) is 3.45. The summed E-state index contributed by atoms with van der Waals surface area (Å²) in [6.45, 7) is 6.96. The number of hydrogen-bond acceptors (Lipinski definition) is 5. The van der Waals surface area contributed by atoms with Gasteiger partial charge in [0.1, 0.15) is 0 Å². The van der Waals surface area contributed by atoms with Gasteiger partial charge in [-0.1, -0.05) is 23.7 Å². The highest BCUT2D eigenvalue weighted by Crippen LogP contribution is 2.45. The number of allylic oxidation sites excluding steroid dienone is 1. The van der Waals surface area contributed by atoms with E-state index in [0.29, 0.717) is 44.6 Å². The molecule has 0 fully saturated rings. The summed E-state index contributed by atoms with van der Waals surface area (Å²) in [5.74, 6) is 0.0435. The first-order valence-electron chi connectivity index (χ1n) is 9.34. The minimum absolute atomic E-state index is 0.0227. The number of fused-ring (bicyclic) bond motifs is 1. The minimum Gasteiger partial charge on any atom is -0.493 e. The fourth-order valence-corrected chi connectivity index (χ4v) is 5.34. The third kappa shape index (κ3) is 3.88. The van der Waals surface area contributed by atoms with Crippen molar-refractivity contribution in [1.82, 2.24) is 0 Å². The monoisotopic (exact) mass is 462 g/mol. The molecule has 31 heavy (non-hydrogen) atoms. The molecule has 0 unspecified atom stereocenters. The molecule has 0 saturated carbocycles. The van der Waals surface area contributed by atoms with Crippen LogP contribution in [0.25, 0.3) is 5.57 Å². The number of nitrogens with one attached hydrogen (secondary N) is 1. The number of rotatable bonds is 6. The van der Waals surface area contributed by atoms with E-state index >= 15 is 0 Å². The number of amides is 1. The molecule has 2 aromatic carbocycles. The van der Waals surface area contributed by atoms with Crippen LogP contribution in [0.15, 0.2) is 47.9 Å². The third-order valence-electron chi connectivity index (χ3n) is 5.08. The van der Waals surface area contributed by atoms with Crippen molar-refractivity contribution in [2.45, 2.75) is 13.8 Å². The van der Waals surface area contributed by atoms with Crippen LogP contribution in [0.4, 0.5) is 11.4 Å². The normalized spacial score (nSPS) is 14.7. The number of benzene rings is 2. The summed E-state index contributed by atoms with van der Waals surface area (Å²) in [7, 11) is -1.22. The Morgan fingerprint density at radius 1 is 1.19 bits per heavy atom. The lowest BCUT2D eigenvalue weighted by Crippen LogP contribution is -2.39. The lowest BCUT2D eigenvalue weighted by molar-refractivity contribution is -0.112. The van der Waals surface area contributed by atoms with Gasteiger partial charge in [0.15, 0.2) is 16.4 Å². The molecular formula is C22H23ClN2O5S. The number of anilines is 2. The van der Waals surface area contributed by atoms with Crippen molar-refractivity contribution in [3.8, 4) is 11.5 Å². The van der Waals surface area contributed by atoms with Gasteiger partial charge in [-0.3, -0.25) is 9.10 Å². The van der Waals surface area contributed by atoms with Crippen molar-refractivity contribution < 1.29 is 22.7 Å². The van der Waals surface area contributed by atoms with Gasteiger partial charge in [-0.25, -0.2) is 8.42 Å². The Labute approximate surface area is 187 Å². The smallest absolute Gasteiger partial charge is 0.270 e. The van der Waals surface area contributed by atoms with Crippen LogP contribution in [0, 0.1) is 6.92 Å². The number of halogens is 1. The maximum Gasteiger partial charge on any atom is 0.270 e. The highest BCUT2D eigenvalue weighted by Gasteiger charge is 2.40. The summed E-state index contributed by atoms with van der Waals surface area (Å²) in [5, 5.41) is 3.15. The molecule has 9 heteroatoms. The van der Waals surface area contributed by atoms with Crippen LogP contribution in [0.5, 0.6) is 11.5 Å². The Morgan fingerprint density at radius 2 is 1.84 bits per heavy atom. The van der Waals surface area contributed by atoms with E-state index in [1.165, 1.54) is 20.3 Å². The molecule has 3 rings (SSSR count). The topological polar surface area (TPSA) is 84.9 Å². The van der Waals surface area contributed by atoms with E-state index in [1.54, 1.807) is 44.2 Å². The molecule has 1 N–H and O–H groups in total. The lowest BCUT2D eigenvalue weighted by Gasteiger charge is -2.32. The van der Waals surface area contributed by atoms with E-state index < -0.39 is 15.9 Å². The van der Waals surface area contributed by atoms with Crippen LogP contribution in [-0.2, 0) is 14.8 Å². The number of carbonyl (C=O) groups is 1. The maximum atomic E-state index is 13.5. The second-order valence-corrected chi connectivity index (χ2v) is 9.08. The van der Waals surface area contributed by atoms with Crippen LogP contribution >= 0.6 is 11.6 Å². The highest BCUT2D eigenvalue weighted by molar-refractivity contribution is 7.97. The van der Waals surface area contributed by atoms with Gasteiger partial charge in [0.05, 0.1) is 26.5 Å². The van der Waals surface area contributed by atoms with E-state index in [1.807, 2.05) is 0 Å². The molecule has 1 aliphatic rings. The third-order valence-corrected chi connectivity index (χ3v) is 7.42. The van der Waals surface area contributed by atoms with Crippen LogP contribution < -0.4 is 19.1 Å². The zero-order valence-electron chi connectivity index (χ0n) is 17.7. The van der Waals surface area contributed by atoms with Crippen LogP contribution in [0.1, 0.15) is 18.1 Å². The average Bonchev–Trinajstić information content (AvgIpc) is 2.73. The van der Waals surface area contributed by atoms with Crippen molar-refractivity contribution in [3.63, 3.8) is 0 Å².